The lowest BCUT2D eigenvalue weighted by molar-refractivity contribution is 0.0423. The molecule has 0 aromatic heterocycles. The summed E-state index contributed by atoms with van der Waals surface area (Å²) in [5.41, 5.74) is 0.431. The molecule has 0 atom stereocenters. The number of hydrogen-bond donors (Lipinski definition) is 3. The molecule has 0 radical (unpaired) electrons. The van der Waals surface area contributed by atoms with Gasteiger partial charge in [0.15, 0.2) is 0 Å². The Morgan fingerprint density at radius 3 is 2.55 bits per heavy atom. The highest BCUT2D eigenvalue weighted by Crippen LogP contribution is 2.16. The number of nitrogens with zero attached hydrogens (tertiary/aromatic N) is 2. The first-order valence-electron chi connectivity index (χ1n) is 6.35. The molecule has 7 nitrogen and oxygen atoms in total. The number of benzene rings is 1. The summed E-state index contributed by atoms with van der Waals surface area (Å²) < 4.78 is 4.73. The van der Waals surface area contributed by atoms with Crippen molar-refractivity contribution >= 4 is 13.2 Å². The zero-order chi connectivity index (χ0) is 14.5. The first kappa shape index (κ1) is 14.8. The second kappa shape index (κ2) is 6.71. The van der Waals surface area contributed by atoms with E-state index in [9.17, 15) is 4.79 Å². The number of piperazine rings is 1. The number of aliphatic hydroxyl groups is 1. The first-order valence-corrected chi connectivity index (χ1v) is 6.35. The Morgan fingerprint density at radius 2 is 1.95 bits per heavy atom. The van der Waals surface area contributed by atoms with Crippen LogP contribution in [0.25, 0.3) is 0 Å². The average molecular weight is 280 g/mol. The number of hydrogen-bond acceptors (Lipinski definition) is 6. The highest BCUT2D eigenvalue weighted by atomic mass is 16.6. The minimum Gasteiger partial charge on any atom is -0.512 e. The minimum atomic E-state index is -1.91. The summed E-state index contributed by atoms with van der Waals surface area (Å²) in [5, 5.41) is 26.5. The molecule has 0 spiro atoms. The second-order valence-corrected chi connectivity index (χ2v) is 4.52. The molecule has 1 aromatic rings. The summed E-state index contributed by atoms with van der Waals surface area (Å²) in [6, 6.07) is 6.28. The molecule has 3 N–H and O–H groups in total. The standard InChI is InChI=1S/C12H17BN2O5/c16-9-14-4-6-15(7-5-14)12(17)10-2-1-3-11(8-10)20-13(18)19/h1-3,8,16,18-19H,4-7,9H2. The second-order valence-electron chi connectivity index (χ2n) is 4.52. The molecule has 1 amide bonds. The van der Waals surface area contributed by atoms with Crippen LogP contribution in [0.15, 0.2) is 24.3 Å². The molecule has 1 heterocycles. The highest BCUT2D eigenvalue weighted by molar-refractivity contribution is 6.33. The summed E-state index contributed by atoms with van der Waals surface area (Å²) in [5.74, 6) is 0.0836. The van der Waals surface area contributed by atoms with Crippen molar-refractivity contribution in [1.29, 1.82) is 0 Å². The lowest BCUT2D eigenvalue weighted by Crippen LogP contribution is -2.48. The molecule has 20 heavy (non-hydrogen) atoms. The van der Waals surface area contributed by atoms with Crippen molar-refractivity contribution in [3.8, 4) is 5.75 Å². The molecular formula is C12H17BN2O5. The van der Waals surface area contributed by atoms with Gasteiger partial charge in [0.2, 0.25) is 0 Å². The van der Waals surface area contributed by atoms with E-state index in [0.717, 1.165) is 0 Å². The maximum absolute atomic E-state index is 12.3. The Morgan fingerprint density at radius 1 is 1.25 bits per heavy atom. The van der Waals surface area contributed by atoms with Crippen molar-refractivity contribution in [2.45, 2.75) is 0 Å². The Kier molecular flexibility index (Phi) is 4.97. The SMILES string of the molecule is O=C(c1cccc(OB(O)O)c1)N1CCN(CO)CC1. The first-order chi connectivity index (χ1) is 9.60. The van der Waals surface area contributed by atoms with Gasteiger partial charge in [-0.05, 0) is 18.2 Å². The summed E-state index contributed by atoms with van der Waals surface area (Å²) in [6.07, 6.45) is 0. The van der Waals surface area contributed by atoms with Gasteiger partial charge in [0.25, 0.3) is 5.91 Å². The molecule has 1 fully saturated rings. The van der Waals surface area contributed by atoms with Gasteiger partial charge in [0.05, 0.1) is 6.73 Å². The van der Waals surface area contributed by atoms with Crippen LogP contribution in [-0.2, 0) is 0 Å². The van der Waals surface area contributed by atoms with Crippen molar-refractivity contribution in [2.75, 3.05) is 32.9 Å². The van der Waals surface area contributed by atoms with Gasteiger partial charge in [-0.1, -0.05) is 6.07 Å². The third-order valence-electron chi connectivity index (χ3n) is 3.18. The molecule has 0 bridgehead atoms. The fourth-order valence-corrected chi connectivity index (χ4v) is 2.10. The van der Waals surface area contributed by atoms with Crippen LogP contribution in [0.2, 0.25) is 0 Å². The number of carbonyl (C=O) groups is 1. The van der Waals surface area contributed by atoms with E-state index in [2.05, 4.69) is 0 Å². The van der Waals surface area contributed by atoms with E-state index in [0.29, 0.717) is 31.7 Å². The molecule has 1 aliphatic rings. The summed E-state index contributed by atoms with van der Waals surface area (Å²) in [4.78, 5) is 15.8. The van der Waals surface area contributed by atoms with Gasteiger partial charge in [-0.25, -0.2) is 0 Å². The number of aliphatic hydroxyl groups excluding tert-OH is 1. The van der Waals surface area contributed by atoms with Crippen molar-refractivity contribution in [1.82, 2.24) is 9.80 Å². The fraction of sp³-hybridized carbons (Fsp3) is 0.417. The molecule has 1 aromatic carbocycles. The zero-order valence-electron chi connectivity index (χ0n) is 11.0. The highest BCUT2D eigenvalue weighted by Gasteiger charge is 2.22. The molecule has 1 aliphatic heterocycles. The molecule has 1 saturated heterocycles. The molecule has 108 valence electrons. The van der Waals surface area contributed by atoms with Crippen molar-refractivity contribution in [3.05, 3.63) is 29.8 Å². The van der Waals surface area contributed by atoms with E-state index < -0.39 is 7.32 Å². The smallest absolute Gasteiger partial charge is 0.512 e. The van der Waals surface area contributed by atoms with E-state index in [1.807, 2.05) is 4.90 Å². The van der Waals surface area contributed by atoms with Crippen molar-refractivity contribution in [2.24, 2.45) is 0 Å². The summed E-state index contributed by atoms with van der Waals surface area (Å²) in [6.45, 7) is 2.36. The van der Waals surface area contributed by atoms with Gasteiger partial charge in [-0.15, -0.1) is 0 Å². The predicted molar refractivity (Wildman–Crippen MR) is 71.8 cm³/mol. The number of carbonyl (C=O) groups excluding carboxylic acids is 1. The maximum Gasteiger partial charge on any atom is 0.707 e. The Hall–Kier alpha value is -1.61. The molecular weight excluding hydrogens is 263 g/mol. The van der Waals surface area contributed by atoms with E-state index in [1.165, 1.54) is 6.07 Å². The van der Waals surface area contributed by atoms with Crippen molar-refractivity contribution < 1.29 is 24.6 Å². The third kappa shape index (κ3) is 3.70. The lowest BCUT2D eigenvalue weighted by Gasteiger charge is -2.33. The van der Waals surface area contributed by atoms with Crippen LogP contribution in [-0.4, -0.2) is 71.1 Å². The van der Waals surface area contributed by atoms with Gasteiger partial charge in [0, 0.05) is 31.7 Å². The van der Waals surface area contributed by atoms with Crippen LogP contribution in [0, 0.1) is 0 Å². The molecule has 8 heteroatoms. The van der Waals surface area contributed by atoms with Crippen LogP contribution in [0.5, 0.6) is 5.75 Å². The van der Waals surface area contributed by atoms with Crippen LogP contribution in [0.4, 0.5) is 0 Å². The van der Waals surface area contributed by atoms with Gasteiger partial charge in [0.1, 0.15) is 5.75 Å². The van der Waals surface area contributed by atoms with E-state index in [4.69, 9.17) is 19.8 Å². The van der Waals surface area contributed by atoms with Crippen LogP contribution in [0.3, 0.4) is 0 Å². The zero-order valence-corrected chi connectivity index (χ0v) is 11.0. The molecule has 2 rings (SSSR count). The van der Waals surface area contributed by atoms with Crippen LogP contribution >= 0.6 is 0 Å². The topological polar surface area (TPSA) is 93.5 Å². The predicted octanol–water partition coefficient (Wildman–Crippen LogP) is -1.26. The van der Waals surface area contributed by atoms with Gasteiger partial charge in [-0.3, -0.25) is 9.69 Å². The normalized spacial score (nSPS) is 16.1. The maximum atomic E-state index is 12.3. The summed E-state index contributed by atoms with van der Waals surface area (Å²) >= 11 is 0. The monoisotopic (exact) mass is 280 g/mol. The largest absolute Gasteiger partial charge is 0.707 e. The summed E-state index contributed by atoms with van der Waals surface area (Å²) in [7, 11) is -1.91. The van der Waals surface area contributed by atoms with E-state index in [1.54, 1.807) is 23.1 Å². The molecule has 0 saturated carbocycles. The number of rotatable bonds is 4. The Labute approximate surface area is 117 Å². The quantitative estimate of drug-likeness (QED) is 0.596. The van der Waals surface area contributed by atoms with Gasteiger partial charge < -0.3 is 24.7 Å². The lowest BCUT2D eigenvalue weighted by atomic mass is 10.1. The Bertz CT molecular complexity index is 463. The fourth-order valence-electron chi connectivity index (χ4n) is 2.10. The van der Waals surface area contributed by atoms with E-state index in [-0.39, 0.29) is 18.4 Å². The third-order valence-corrected chi connectivity index (χ3v) is 3.18. The minimum absolute atomic E-state index is 0.000254. The van der Waals surface area contributed by atoms with Crippen molar-refractivity contribution in [3.63, 3.8) is 0 Å². The Balaban J connectivity index is 2.02. The molecule has 0 unspecified atom stereocenters. The van der Waals surface area contributed by atoms with E-state index >= 15 is 0 Å². The van der Waals surface area contributed by atoms with Gasteiger partial charge in [-0.2, -0.15) is 0 Å². The average Bonchev–Trinajstić information content (AvgIpc) is 2.46. The van der Waals surface area contributed by atoms with Gasteiger partial charge >= 0.3 is 7.32 Å². The van der Waals surface area contributed by atoms with Crippen LogP contribution < -0.4 is 4.65 Å². The number of amides is 1. The van der Waals surface area contributed by atoms with Crippen LogP contribution in [0.1, 0.15) is 10.4 Å². The molecule has 0 aliphatic carbocycles.